The van der Waals surface area contributed by atoms with Crippen LogP contribution in [0, 0.1) is 0 Å². The lowest BCUT2D eigenvalue weighted by Crippen LogP contribution is -2.49. The first-order valence-electron chi connectivity index (χ1n) is 8.54. The Kier molecular flexibility index (Phi) is 10.5. The van der Waals surface area contributed by atoms with Crippen LogP contribution in [-0.4, -0.2) is 118 Å². The van der Waals surface area contributed by atoms with Crippen molar-refractivity contribution in [3.63, 3.8) is 0 Å². The monoisotopic (exact) mass is 400 g/mol. The first-order valence-corrected chi connectivity index (χ1v) is 10.9. The second-order valence-corrected chi connectivity index (χ2v) is 7.82. The van der Waals surface area contributed by atoms with Crippen LogP contribution < -0.4 is 0 Å². The zero-order valence-corrected chi connectivity index (χ0v) is 16.3. The van der Waals surface area contributed by atoms with Crippen molar-refractivity contribution in [2.24, 2.45) is 0 Å². The maximum absolute atomic E-state index is 8.97. The Bertz CT molecular complexity index is 323. The molecule has 2 rings (SSSR count). The average molecular weight is 400 g/mol. The minimum absolute atomic E-state index is 0.233. The highest BCUT2D eigenvalue weighted by Crippen LogP contribution is 2.25. The minimum atomic E-state index is -2.32. The van der Waals surface area contributed by atoms with Gasteiger partial charge in [0.15, 0.2) is 0 Å². The first-order chi connectivity index (χ1) is 12.0. The standard InChI is InChI=1S/C13H30N4O6P2/c18-24(19)22-12-16-8-4-14-2-1-3-15(6-10-16)7-11-17(9-5-14)13-23-25(20)21/h18-21H,1-13H2. The van der Waals surface area contributed by atoms with Crippen molar-refractivity contribution in [3.8, 4) is 0 Å². The van der Waals surface area contributed by atoms with Gasteiger partial charge in [-0.1, -0.05) is 0 Å². The van der Waals surface area contributed by atoms with E-state index in [9.17, 15) is 0 Å². The molecule has 25 heavy (non-hydrogen) atoms. The molecule has 0 atom stereocenters. The molecule has 0 unspecified atom stereocenters. The maximum atomic E-state index is 8.97. The highest BCUT2D eigenvalue weighted by Gasteiger charge is 2.20. The van der Waals surface area contributed by atoms with Crippen molar-refractivity contribution < 1.29 is 28.6 Å². The number of fused-ring (bicyclic) bond motifs is 4. The van der Waals surface area contributed by atoms with E-state index in [0.29, 0.717) is 0 Å². The summed E-state index contributed by atoms with van der Waals surface area (Å²) in [6, 6.07) is 0. The molecule has 2 fully saturated rings. The third-order valence-electron chi connectivity index (χ3n) is 4.59. The van der Waals surface area contributed by atoms with Crippen molar-refractivity contribution >= 4 is 17.2 Å². The van der Waals surface area contributed by atoms with Gasteiger partial charge in [-0.25, -0.2) is 0 Å². The molecule has 12 heteroatoms. The van der Waals surface area contributed by atoms with E-state index >= 15 is 0 Å². The number of hydrogen-bond acceptors (Lipinski definition) is 10. The minimum Gasteiger partial charge on any atom is -0.328 e. The van der Waals surface area contributed by atoms with Crippen LogP contribution in [0.2, 0.25) is 0 Å². The van der Waals surface area contributed by atoms with Crippen LogP contribution in [0.5, 0.6) is 0 Å². The molecule has 0 amide bonds. The lowest BCUT2D eigenvalue weighted by atomic mass is 10.2. The fourth-order valence-electron chi connectivity index (χ4n) is 3.07. The molecular weight excluding hydrogens is 370 g/mol. The van der Waals surface area contributed by atoms with E-state index in [1.54, 1.807) is 0 Å². The van der Waals surface area contributed by atoms with Crippen LogP contribution in [0.15, 0.2) is 0 Å². The summed E-state index contributed by atoms with van der Waals surface area (Å²) in [5.41, 5.74) is 0. The van der Waals surface area contributed by atoms with Gasteiger partial charge in [-0.3, -0.25) is 18.8 Å². The second-order valence-electron chi connectivity index (χ2n) is 6.29. The summed E-state index contributed by atoms with van der Waals surface area (Å²) >= 11 is 0. The smallest absolute Gasteiger partial charge is 0.328 e. The number of rotatable bonds is 6. The molecule has 0 spiro atoms. The normalized spacial score (nSPS) is 28.1. The Balaban J connectivity index is 1.92. The number of nitrogens with zero attached hydrogens (tertiary/aromatic N) is 4. The molecule has 0 aromatic rings. The quantitative estimate of drug-likeness (QED) is 0.414. The summed E-state index contributed by atoms with van der Waals surface area (Å²) in [4.78, 5) is 44.9. The van der Waals surface area contributed by atoms with Gasteiger partial charge in [0.2, 0.25) is 0 Å². The molecule has 0 radical (unpaired) electrons. The predicted octanol–water partition coefficient (Wildman–Crippen LogP) is -1.02. The van der Waals surface area contributed by atoms with Crippen LogP contribution in [0.4, 0.5) is 0 Å². The van der Waals surface area contributed by atoms with Gasteiger partial charge < -0.3 is 29.4 Å². The average Bonchev–Trinajstić information content (AvgIpc) is 2.57. The summed E-state index contributed by atoms with van der Waals surface area (Å²) in [6.07, 6.45) is 1.13. The van der Waals surface area contributed by atoms with Gasteiger partial charge >= 0.3 is 17.2 Å². The van der Waals surface area contributed by atoms with Gasteiger partial charge in [-0.2, -0.15) is 0 Å². The summed E-state index contributed by atoms with van der Waals surface area (Å²) in [5.74, 6) is 0. The molecule has 148 valence electrons. The molecule has 10 nitrogen and oxygen atoms in total. The molecule has 0 aromatic heterocycles. The fraction of sp³-hybridized carbons (Fsp3) is 1.00. The molecule has 2 saturated heterocycles. The molecule has 2 aliphatic rings. The van der Waals surface area contributed by atoms with E-state index in [-0.39, 0.29) is 13.5 Å². The van der Waals surface area contributed by atoms with Gasteiger partial charge in [0.25, 0.3) is 0 Å². The van der Waals surface area contributed by atoms with E-state index in [1.807, 2.05) is 0 Å². The highest BCUT2D eigenvalue weighted by atomic mass is 31.2. The Morgan fingerprint density at radius 1 is 0.560 bits per heavy atom. The Morgan fingerprint density at radius 3 is 1.24 bits per heavy atom. The van der Waals surface area contributed by atoms with Crippen molar-refractivity contribution in [2.45, 2.75) is 6.42 Å². The molecule has 2 heterocycles. The van der Waals surface area contributed by atoms with E-state index < -0.39 is 17.2 Å². The van der Waals surface area contributed by atoms with E-state index in [1.165, 1.54) is 0 Å². The summed E-state index contributed by atoms with van der Waals surface area (Å²) in [5, 5.41) is 0. The molecule has 4 N–H and O–H groups in total. The van der Waals surface area contributed by atoms with E-state index in [0.717, 1.165) is 71.9 Å². The van der Waals surface area contributed by atoms with Gasteiger partial charge in [-0.15, -0.1) is 0 Å². The summed E-state index contributed by atoms with van der Waals surface area (Å²) in [7, 11) is -4.64. The van der Waals surface area contributed by atoms with Gasteiger partial charge in [0.05, 0.1) is 0 Å². The van der Waals surface area contributed by atoms with Gasteiger partial charge in [-0.05, 0) is 19.5 Å². The van der Waals surface area contributed by atoms with Crippen LogP contribution >= 0.6 is 17.2 Å². The third-order valence-corrected chi connectivity index (χ3v) is 5.28. The Labute approximate surface area is 151 Å². The summed E-state index contributed by atoms with van der Waals surface area (Å²) < 4.78 is 9.99. The zero-order chi connectivity index (χ0) is 18.1. The molecule has 0 aliphatic carbocycles. The van der Waals surface area contributed by atoms with Crippen LogP contribution in [-0.2, 0) is 9.05 Å². The van der Waals surface area contributed by atoms with Crippen LogP contribution in [0.3, 0.4) is 0 Å². The lowest BCUT2D eigenvalue weighted by Gasteiger charge is -2.36. The maximum Gasteiger partial charge on any atom is 0.328 e. The molecule has 0 aromatic carbocycles. The lowest BCUT2D eigenvalue weighted by molar-refractivity contribution is 0.0501. The van der Waals surface area contributed by atoms with Crippen molar-refractivity contribution in [3.05, 3.63) is 0 Å². The summed E-state index contributed by atoms with van der Waals surface area (Å²) in [6.45, 7) is 9.29. The van der Waals surface area contributed by atoms with Crippen molar-refractivity contribution in [1.82, 2.24) is 19.6 Å². The second kappa shape index (κ2) is 12.0. The van der Waals surface area contributed by atoms with Crippen LogP contribution in [0.25, 0.3) is 0 Å². The highest BCUT2D eigenvalue weighted by molar-refractivity contribution is 7.39. The van der Waals surface area contributed by atoms with E-state index in [4.69, 9.17) is 28.6 Å². The predicted molar refractivity (Wildman–Crippen MR) is 95.3 cm³/mol. The molecule has 2 bridgehead atoms. The molecule has 0 saturated carbocycles. The van der Waals surface area contributed by atoms with Gasteiger partial charge in [0.1, 0.15) is 13.5 Å². The van der Waals surface area contributed by atoms with E-state index in [2.05, 4.69) is 19.6 Å². The van der Waals surface area contributed by atoms with Crippen molar-refractivity contribution in [1.29, 1.82) is 0 Å². The van der Waals surface area contributed by atoms with Gasteiger partial charge in [0, 0.05) is 52.4 Å². The zero-order valence-electron chi connectivity index (χ0n) is 14.5. The van der Waals surface area contributed by atoms with Crippen molar-refractivity contribution in [2.75, 3.05) is 78.9 Å². The Hall–Kier alpha value is 0.460. The number of hydrogen-bond donors (Lipinski definition) is 4. The molecular formula is C13H30N4O6P2. The van der Waals surface area contributed by atoms with Crippen LogP contribution in [0.1, 0.15) is 6.42 Å². The largest absolute Gasteiger partial charge is 0.328 e. The topological polar surface area (TPSA) is 112 Å². The third kappa shape index (κ3) is 9.28. The first kappa shape index (κ1) is 21.8. The Morgan fingerprint density at radius 2 is 0.920 bits per heavy atom. The SMILES string of the molecule is OP(O)OCN1CCN2CCCN(CC1)CCN(COP(O)O)CC2. The fourth-order valence-corrected chi connectivity index (χ4v) is 3.60. The molecule has 2 aliphatic heterocycles.